The molecule has 0 aliphatic heterocycles. The molecule has 0 saturated heterocycles. The monoisotopic (exact) mass is 259 g/mol. The molecule has 0 aromatic heterocycles. The molecule has 0 heterocycles. The Morgan fingerprint density at radius 1 is 1.31 bits per heavy atom. The maximum atomic E-state index is 12.2. The largest absolute Gasteiger partial charge is 0.406 e. The van der Waals surface area contributed by atoms with Crippen molar-refractivity contribution in [3.63, 3.8) is 0 Å². The SMILES string of the molecule is CC(C)C(C)C(=O)N(CCCl)CC(F)(F)F. The molecular weight excluding hydrogens is 243 g/mol. The molecule has 1 atom stereocenters. The summed E-state index contributed by atoms with van der Waals surface area (Å²) in [4.78, 5) is 12.5. The summed E-state index contributed by atoms with van der Waals surface area (Å²) in [6.45, 7) is 3.93. The van der Waals surface area contributed by atoms with Gasteiger partial charge in [0.05, 0.1) is 0 Å². The molecule has 16 heavy (non-hydrogen) atoms. The lowest BCUT2D eigenvalue weighted by Gasteiger charge is -2.27. The second kappa shape index (κ2) is 6.33. The number of hydrogen-bond acceptors (Lipinski definition) is 1. The third-order valence-corrected chi connectivity index (χ3v) is 2.59. The van der Waals surface area contributed by atoms with Crippen LogP contribution in [-0.2, 0) is 4.79 Å². The van der Waals surface area contributed by atoms with Crippen molar-refractivity contribution in [1.82, 2.24) is 4.90 Å². The number of carbonyl (C=O) groups is 1. The fourth-order valence-electron chi connectivity index (χ4n) is 1.16. The Balaban J connectivity index is 4.59. The van der Waals surface area contributed by atoms with Crippen molar-refractivity contribution in [2.45, 2.75) is 26.9 Å². The van der Waals surface area contributed by atoms with Gasteiger partial charge < -0.3 is 4.90 Å². The lowest BCUT2D eigenvalue weighted by Crippen LogP contribution is -2.43. The molecule has 0 N–H and O–H groups in total. The minimum Gasteiger partial charge on any atom is -0.332 e. The Bertz CT molecular complexity index is 231. The highest BCUT2D eigenvalue weighted by atomic mass is 35.5. The van der Waals surface area contributed by atoms with E-state index in [1.165, 1.54) is 0 Å². The van der Waals surface area contributed by atoms with Crippen LogP contribution in [0.5, 0.6) is 0 Å². The molecule has 0 aliphatic carbocycles. The summed E-state index contributed by atoms with van der Waals surface area (Å²) in [5, 5.41) is 0. The Morgan fingerprint density at radius 2 is 1.81 bits per heavy atom. The highest BCUT2D eigenvalue weighted by Gasteiger charge is 2.34. The van der Waals surface area contributed by atoms with E-state index in [4.69, 9.17) is 11.6 Å². The first-order valence-corrected chi connectivity index (χ1v) is 5.64. The van der Waals surface area contributed by atoms with Crippen molar-refractivity contribution >= 4 is 17.5 Å². The van der Waals surface area contributed by atoms with Gasteiger partial charge in [-0.15, -0.1) is 11.6 Å². The maximum Gasteiger partial charge on any atom is 0.406 e. The lowest BCUT2D eigenvalue weighted by molar-refractivity contribution is -0.163. The summed E-state index contributed by atoms with van der Waals surface area (Å²) in [7, 11) is 0. The molecule has 2 nitrogen and oxygen atoms in total. The molecule has 0 aliphatic rings. The summed E-state index contributed by atoms with van der Waals surface area (Å²) in [5.74, 6) is -0.899. The summed E-state index contributed by atoms with van der Waals surface area (Å²) in [6, 6.07) is 0. The minimum absolute atomic E-state index is 0.00658. The van der Waals surface area contributed by atoms with Gasteiger partial charge in [-0.2, -0.15) is 13.2 Å². The highest BCUT2D eigenvalue weighted by molar-refractivity contribution is 6.18. The van der Waals surface area contributed by atoms with E-state index in [2.05, 4.69) is 0 Å². The average molecular weight is 260 g/mol. The van der Waals surface area contributed by atoms with Crippen LogP contribution in [0.2, 0.25) is 0 Å². The molecule has 0 fully saturated rings. The van der Waals surface area contributed by atoms with Crippen LogP contribution in [0.15, 0.2) is 0 Å². The number of alkyl halides is 4. The van der Waals surface area contributed by atoms with Gasteiger partial charge in [0.15, 0.2) is 0 Å². The van der Waals surface area contributed by atoms with Gasteiger partial charge in [-0.25, -0.2) is 0 Å². The maximum absolute atomic E-state index is 12.2. The average Bonchev–Trinajstić information content (AvgIpc) is 2.12. The molecule has 1 unspecified atom stereocenters. The van der Waals surface area contributed by atoms with E-state index in [0.29, 0.717) is 0 Å². The van der Waals surface area contributed by atoms with Gasteiger partial charge in [0.1, 0.15) is 6.54 Å². The lowest BCUT2D eigenvalue weighted by atomic mass is 9.96. The zero-order valence-corrected chi connectivity index (χ0v) is 10.4. The van der Waals surface area contributed by atoms with Crippen LogP contribution in [0.25, 0.3) is 0 Å². The second-order valence-corrected chi connectivity index (χ2v) is 4.47. The van der Waals surface area contributed by atoms with Crippen LogP contribution < -0.4 is 0 Å². The van der Waals surface area contributed by atoms with E-state index >= 15 is 0 Å². The molecule has 0 rings (SSSR count). The first kappa shape index (κ1) is 15.6. The van der Waals surface area contributed by atoms with Crippen LogP contribution in [0.4, 0.5) is 13.2 Å². The number of hydrogen-bond donors (Lipinski definition) is 0. The molecule has 0 saturated carbocycles. The van der Waals surface area contributed by atoms with E-state index in [-0.39, 0.29) is 18.3 Å². The smallest absolute Gasteiger partial charge is 0.332 e. The Labute approximate surface area is 98.7 Å². The van der Waals surface area contributed by atoms with E-state index < -0.39 is 24.5 Å². The fourth-order valence-corrected chi connectivity index (χ4v) is 1.36. The molecule has 96 valence electrons. The van der Waals surface area contributed by atoms with Crippen molar-refractivity contribution in [2.24, 2.45) is 11.8 Å². The van der Waals surface area contributed by atoms with Crippen molar-refractivity contribution < 1.29 is 18.0 Å². The van der Waals surface area contributed by atoms with Gasteiger partial charge in [0.25, 0.3) is 0 Å². The van der Waals surface area contributed by atoms with Gasteiger partial charge in [-0.05, 0) is 5.92 Å². The number of amides is 1. The van der Waals surface area contributed by atoms with E-state index in [9.17, 15) is 18.0 Å². The quantitative estimate of drug-likeness (QED) is 0.695. The zero-order chi connectivity index (χ0) is 12.9. The van der Waals surface area contributed by atoms with Crippen molar-refractivity contribution in [2.75, 3.05) is 19.0 Å². The Morgan fingerprint density at radius 3 is 2.12 bits per heavy atom. The second-order valence-electron chi connectivity index (χ2n) is 4.10. The van der Waals surface area contributed by atoms with Gasteiger partial charge in [-0.3, -0.25) is 4.79 Å². The van der Waals surface area contributed by atoms with E-state index in [0.717, 1.165) is 4.90 Å². The molecule has 0 bridgehead atoms. The third kappa shape index (κ3) is 5.58. The number of carbonyl (C=O) groups excluding carboxylic acids is 1. The van der Waals surface area contributed by atoms with Crippen LogP contribution >= 0.6 is 11.6 Å². The van der Waals surface area contributed by atoms with Gasteiger partial charge in [0, 0.05) is 18.3 Å². The highest BCUT2D eigenvalue weighted by Crippen LogP contribution is 2.20. The van der Waals surface area contributed by atoms with Gasteiger partial charge in [-0.1, -0.05) is 20.8 Å². The van der Waals surface area contributed by atoms with Crippen molar-refractivity contribution in [3.8, 4) is 0 Å². The predicted octanol–water partition coefficient (Wildman–Crippen LogP) is 2.91. The third-order valence-electron chi connectivity index (χ3n) is 2.43. The molecule has 6 heteroatoms. The topological polar surface area (TPSA) is 20.3 Å². The van der Waals surface area contributed by atoms with Gasteiger partial charge >= 0.3 is 6.18 Å². The summed E-state index contributed by atoms with van der Waals surface area (Å²) in [5.41, 5.74) is 0. The van der Waals surface area contributed by atoms with Crippen molar-refractivity contribution in [1.29, 1.82) is 0 Å². The van der Waals surface area contributed by atoms with E-state index in [1.807, 2.05) is 0 Å². The number of nitrogens with zero attached hydrogens (tertiary/aromatic N) is 1. The molecule has 0 aromatic carbocycles. The minimum atomic E-state index is -4.38. The summed E-state index contributed by atoms with van der Waals surface area (Å²) in [6.07, 6.45) is -4.38. The van der Waals surface area contributed by atoms with Crippen LogP contribution in [0, 0.1) is 11.8 Å². The Kier molecular flexibility index (Phi) is 6.15. The van der Waals surface area contributed by atoms with Crippen LogP contribution in [-0.4, -0.2) is 36.0 Å². The standard InChI is InChI=1S/C10H17ClF3NO/c1-7(2)8(3)9(16)15(5-4-11)6-10(12,13)14/h7-8H,4-6H2,1-3H3. The first-order valence-electron chi connectivity index (χ1n) is 5.10. The molecule has 0 aromatic rings. The summed E-state index contributed by atoms with van der Waals surface area (Å²) < 4.78 is 36.7. The van der Waals surface area contributed by atoms with Crippen molar-refractivity contribution in [3.05, 3.63) is 0 Å². The van der Waals surface area contributed by atoms with E-state index in [1.54, 1.807) is 20.8 Å². The van der Waals surface area contributed by atoms with Crippen LogP contribution in [0.3, 0.4) is 0 Å². The number of halogens is 4. The molecular formula is C10H17ClF3NO. The zero-order valence-electron chi connectivity index (χ0n) is 9.64. The predicted molar refractivity (Wildman–Crippen MR) is 57.4 cm³/mol. The van der Waals surface area contributed by atoms with Crippen LogP contribution in [0.1, 0.15) is 20.8 Å². The Hall–Kier alpha value is -0.450. The van der Waals surface area contributed by atoms with Gasteiger partial charge in [0.2, 0.25) is 5.91 Å². The molecule has 1 amide bonds. The molecule has 0 radical (unpaired) electrons. The summed E-state index contributed by atoms with van der Waals surface area (Å²) >= 11 is 5.39. The fraction of sp³-hybridized carbons (Fsp3) is 0.900. The first-order chi connectivity index (χ1) is 7.19. The molecule has 0 spiro atoms. The normalized spacial score (nSPS) is 14.0. The number of rotatable bonds is 5.